The van der Waals surface area contributed by atoms with Gasteiger partial charge in [0.25, 0.3) is 0 Å². The van der Waals surface area contributed by atoms with Crippen LogP contribution in [0, 0.1) is 17.3 Å². The van der Waals surface area contributed by atoms with E-state index in [1.807, 2.05) is 0 Å². The monoisotopic (exact) mass is 254 g/mol. The van der Waals surface area contributed by atoms with E-state index in [1.165, 1.54) is 32.5 Å². The molecule has 18 heavy (non-hydrogen) atoms. The fourth-order valence-electron chi connectivity index (χ4n) is 3.33. The number of nitrogens with one attached hydrogen (secondary N) is 1. The molecule has 2 saturated heterocycles. The molecule has 0 radical (unpaired) electrons. The van der Waals surface area contributed by atoms with Gasteiger partial charge in [0, 0.05) is 31.7 Å². The molecule has 3 atom stereocenters. The topological polar surface area (TPSA) is 24.5 Å². The van der Waals surface area contributed by atoms with Crippen molar-refractivity contribution in [1.82, 2.24) is 10.2 Å². The average molecular weight is 254 g/mol. The summed E-state index contributed by atoms with van der Waals surface area (Å²) in [4.78, 5) is 2.68. The van der Waals surface area contributed by atoms with Crippen molar-refractivity contribution >= 4 is 0 Å². The third-order valence-corrected chi connectivity index (χ3v) is 4.91. The van der Waals surface area contributed by atoms with Crippen LogP contribution >= 0.6 is 0 Å². The molecule has 106 valence electrons. The van der Waals surface area contributed by atoms with E-state index in [9.17, 15) is 0 Å². The lowest BCUT2D eigenvalue weighted by molar-refractivity contribution is 0.0693. The van der Waals surface area contributed by atoms with E-state index in [1.54, 1.807) is 0 Å². The second-order valence-electron chi connectivity index (χ2n) is 6.56. The van der Waals surface area contributed by atoms with Gasteiger partial charge < -0.3 is 15.0 Å². The van der Waals surface area contributed by atoms with Crippen LogP contribution in [0.15, 0.2) is 0 Å². The Balaban J connectivity index is 1.88. The third-order valence-electron chi connectivity index (χ3n) is 4.91. The second kappa shape index (κ2) is 6.36. The van der Waals surface area contributed by atoms with Crippen LogP contribution in [0.2, 0.25) is 0 Å². The molecule has 0 aromatic heterocycles. The van der Waals surface area contributed by atoms with E-state index in [0.717, 1.165) is 38.1 Å². The molecule has 3 unspecified atom stereocenters. The van der Waals surface area contributed by atoms with E-state index >= 15 is 0 Å². The second-order valence-corrected chi connectivity index (χ2v) is 6.56. The van der Waals surface area contributed by atoms with Crippen molar-refractivity contribution in [3.63, 3.8) is 0 Å². The molecular formula is C15H30N2O. The summed E-state index contributed by atoms with van der Waals surface area (Å²) in [5.41, 5.74) is 0.371. The minimum Gasteiger partial charge on any atom is -0.381 e. The zero-order valence-electron chi connectivity index (χ0n) is 12.4. The quantitative estimate of drug-likeness (QED) is 0.812. The highest BCUT2D eigenvalue weighted by Crippen LogP contribution is 2.31. The highest BCUT2D eigenvalue weighted by Gasteiger charge is 2.37. The fraction of sp³-hybridized carbons (Fsp3) is 1.00. The maximum absolute atomic E-state index is 5.68. The lowest BCUT2D eigenvalue weighted by Crippen LogP contribution is -2.48. The highest BCUT2D eigenvalue weighted by atomic mass is 16.5. The Morgan fingerprint density at radius 1 is 1.33 bits per heavy atom. The van der Waals surface area contributed by atoms with Gasteiger partial charge in [-0.2, -0.15) is 0 Å². The minimum atomic E-state index is 0.371. The van der Waals surface area contributed by atoms with Crippen LogP contribution in [0.25, 0.3) is 0 Å². The number of likely N-dealkylation sites (tertiary alicyclic amines) is 1. The van der Waals surface area contributed by atoms with Crippen molar-refractivity contribution < 1.29 is 4.74 Å². The largest absolute Gasteiger partial charge is 0.381 e. The van der Waals surface area contributed by atoms with Crippen LogP contribution in [0.4, 0.5) is 0 Å². The number of piperidine rings is 1. The van der Waals surface area contributed by atoms with Crippen LogP contribution in [-0.4, -0.2) is 50.8 Å². The number of rotatable bonds is 5. The molecule has 3 heteroatoms. The highest BCUT2D eigenvalue weighted by molar-refractivity contribution is 4.90. The Morgan fingerprint density at radius 2 is 2.17 bits per heavy atom. The van der Waals surface area contributed by atoms with Gasteiger partial charge in [-0.05, 0) is 37.8 Å². The summed E-state index contributed by atoms with van der Waals surface area (Å²) >= 11 is 0. The summed E-state index contributed by atoms with van der Waals surface area (Å²) in [6.07, 6.45) is 2.58. The first-order valence-corrected chi connectivity index (χ1v) is 7.66. The van der Waals surface area contributed by atoms with Gasteiger partial charge in [0.15, 0.2) is 0 Å². The van der Waals surface area contributed by atoms with Gasteiger partial charge >= 0.3 is 0 Å². The number of nitrogens with zero attached hydrogens (tertiary/aromatic N) is 1. The van der Waals surface area contributed by atoms with Crippen LogP contribution in [0.1, 0.15) is 33.6 Å². The minimum absolute atomic E-state index is 0.371. The summed E-state index contributed by atoms with van der Waals surface area (Å²) in [6.45, 7) is 14.8. The van der Waals surface area contributed by atoms with Crippen molar-refractivity contribution in [1.29, 1.82) is 0 Å². The molecular weight excluding hydrogens is 224 g/mol. The lowest BCUT2D eigenvalue weighted by Gasteiger charge is -2.40. The first-order chi connectivity index (χ1) is 8.65. The average Bonchev–Trinajstić information content (AvgIpc) is 2.80. The van der Waals surface area contributed by atoms with Gasteiger partial charge in [-0.15, -0.1) is 0 Å². The predicted molar refractivity (Wildman–Crippen MR) is 75.8 cm³/mol. The fourth-order valence-corrected chi connectivity index (χ4v) is 3.33. The molecule has 0 spiro atoms. The number of ether oxygens (including phenoxy) is 1. The summed E-state index contributed by atoms with van der Waals surface area (Å²) in [6, 6.07) is 0. The molecule has 0 bridgehead atoms. The van der Waals surface area contributed by atoms with Crippen LogP contribution in [0.3, 0.4) is 0 Å². The van der Waals surface area contributed by atoms with Crippen molar-refractivity contribution in [2.45, 2.75) is 33.6 Å². The maximum Gasteiger partial charge on any atom is 0.0547 e. The Bertz CT molecular complexity index is 251. The predicted octanol–water partition coefficient (Wildman–Crippen LogP) is 1.98. The third kappa shape index (κ3) is 3.46. The van der Waals surface area contributed by atoms with Crippen LogP contribution < -0.4 is 5.32 Å². The van der Waals surface area contributed by atoms with E-state index in [-0.39, 0.29) is 0 Å². The van der Waals surface area contributed by atoms with Crippen LogP contribution in [0.5, 0.6) is 0 Å². The van der Waals surface area contributed by atoms with Gasteiger partial charge in [0.2, 0.25) is 0 Å². The van der Waals surface area contributed by atoms with Gasteiger partial charge in [-0.25, -0.2) is 0 Å². The van der Waals surface area contributed by atoms with Gasteiger partial charge in [-0.1, -0.05) is 20.8 Å². The smallest absolute Gasteiger partial charge is 0.0547 e. The Hall–Kier alpha value is -0.120. The van der Waals surface area contributed by atoms with Crippen LogP contribution in [-0.2, 0) is 4.74 Å². The molecule has 1 N–H and O–H groups in total. The summed E-state index contributed by atoms with van der Waals surface area (Å²) < 4.78 is 5.68. The Kier molecular flexibility index (Phi) is 5.05. The summed E-state index contributed by atoms with van der Waals surface area (Å²) in [5.74, 6) is 1.74. The first kappa shape index (κ1) is 14.3. The standard InChI is InChI=1S/C15H30N2O/c1-4-16-10-15(6-8-18-12-15)11-17-7-5-13(2)14(3)9-17/h13-14,16H,4-12H2,1-3H3. The van der Waals surface area contributed by atoms with Gasteiger partial charge in [0.1, 0.15) is 0 Å². The molecule has 2 rings (SSSR count). The SMILES string of the molecule is CCNCC1(CN2CCC(C)C(C)C2)CCOC1. The molecule has 0 saturated carbocycles. The van der Waals surface area contributed by atoms with Crippen molar-refractivity contribution in [3.8, 4) is 0 Å². The summed E-state index contributed by atoms with van der Waals surface area (Å²) in [7, 11) is 0. The maximum atomic E-state index is 5.68. The van der Waals surface area contributed by atoms with Gasteiger partial charge in [-0.3, -0.25) is 0 Å². The lowest BCUT2D eigenvalue weighted by atomic mass is 9.83. The molecule has 0 aromatic rings. The van der Waals surface area contributed by atoms with E-state index in [4.69, 9.17) is 4.74 Å². The summed E-state index contributed by atoms with van der Waals surface area (Å²) in [5, 5.41) is 3.53. The van der Waals surface area contributed by atoms with Crippen molar-refractivity contribution in [3.05, 3.63) is 0 Å². The normalized spacial score (nSPS) is 38.2. The molecule has 0 aliphatic carbocycles. The van der Waals surface area contributed by atoms with Crippen molar-refractivity contribution in [2.75, 3.05) is 45.9 Å². The van der Waals surface area contributed by atoms with Crippen molar-refractivity contribution in [2.24, 2.45) is 17.3 Å². The van der Waals surface area contributed by atoms with E-state index < -0.39 is 0 Å². The molecule has 2 fully saturated rings. The van der Waals surface area contributed by atoms with Gasteiger partial charge in [0.05, 0.1) is 6.61 Å². The molecule has 0 amide bonds. The zero-order chi connectivity index (χ0) is 13.0. The Labute approximate surface area is 112 Å². The molecule has 2 aliphatic rings. The van der Waals surface area contributed by atoms with E-state index in [0.29, 0.717) is 5.41 Å². The van der Waals surface area contributed by atoms with E-state index in [2.05, 4.69) is 31.0 Å². The zero-order valence-corrected chi connectivity index (χ0v) is 12.4. The molecule has 3 nitrogen and oxygen atoms in total. The molecule has 0 aromatic carbocycles. The Morgan fingerprint density at radius 3 is 2.78 bits per heavy atom. The molecule has 2 aliphatic heterocycles. The first-order valence-electron chi connectivity index (χ1n) is 7.66. The number of hydrogen-bond donors (Lipinski definition) is 1. The number of hydrogen-bond acceptors (Lipinski definition) is 3. The molecule has 2 heterocycles.